The Kier molecular flexibility index (Phi) is 3.12. The highest BCUT2D eigenvalue weighted by molar-refractivity contribution is 9.10. The smallest absolute Gasteiger partial charge is 0.271 e. The van der Waals surface area contributed by atoms with E-state index >= 15 is 0 Å². The number of fused-ring (bicyclic) bond motifs is 1. The van der Waals surface area contributed by atoms with E-state index in [9.17, 15) is 10.1 Å². The van der Waals surface area contributed by atoms with Crippen LogP contribution in [0.15, 0.2) is 46.4 Å². The van der Waals surface area contributed by atoms with Crippen molar-refractivity contribution < 1.29 is 4.92 Å². The van der Waals surface area contributed by atoms with Crippen LogP contribution in [0.5, 0.6) is 0 Å². The van der Waals surface area contributed by atoms with Crippen molar-refractivity contribution in [3.63, 3.8) is 0 Å². The van der Waals surface area contributed by atoms with Gasteiger partial charge in [0.25, 0.3) is 5.69 Å². The van der Waals surface area contributed by atoms with Gasteiger partial charge in [-0.1, -0.05) is 0 Å². The first-order valence-corrected chi connectivity index (χ1v) is 7.27. The molecule has 0 saturated carbocycles. The lowest BCUT2D eigenvalue weighted by Crippen LogP contribution is -1.96. The van der Waals surface area contributed by atoms with E-state index in [1.807, 2.05) is 22.2 Å². The topological polar surface area (TPSA) is 48.1 Å². The normalized spacial score (nSPS) is 11.0. The van der Waals surface area contributed by atoms with Crippen LogP contribution in [-0.4, -0.2) is 9.49 Å². The van der Waals surface area contributed by atoms with Crippen molar-refractivity contribution in [2.75, 3.05) is 0 Å². The maximum atomic E-state index is 10.8. The number of hydrogen-bond donors (Lipinski definition) is 0. The third-order valence-corrected chi connectivity index (χ3v) is 4.60. The summed E-state index contributed by atoms with van der Waals surface area (Å²) in [5.74, 6) is 0. The average Bonchev–Trinajstić information content (AvgIpc) is 2.96. The monoisotopic (exact) mass is 336 g/mol. The summed E-state index contributed by atoms with van der Waals surface area (Å²) in [4.78, 5) is 11.7. The second kappa shape index (κ2) is 4.79. The largest absolute Gasteiger partial charge is 0.342 e. The molecule has 0 bridgehead atoms. The molecule has 4 nitrogen and oxygen atoms in total. The number of non-ortho nitro benzene ring substituents is 1. The molecule has 1 aromatic carbocycles. The van der Waals surface area contributed by atoms with Gasteiger partial charge in [0.1, 0.15) is 0 Å². The number of nitrogens with zero attached hydrogens (tertiary/aromatic N) is 2. The molecular formula is C13H9BrN2O2S. The molecule has 0 N–H and O–H groups in total. The summed E-state index contributed by atoms with van der Waals surface area (Å²) >= 11 is 5.09. The fourth-order valence-corrected chi connectivity index (χ4v) is 3.48. The molecule has 0 atom stereocenters. The SMILES string of the molecule is O=[N+]([O-])c1ccc2ccn(Cc3cc(Br)cs3)c2c1. The van der Waals surface area contributed by atoms with Crippen LogP contribution in [0.3, 0.4) is 0 Å². The molecule has 0 unspecified atom stereocenters. The number of halogens is 1. The maximum Gasteiger partial charge on any atom is 0.271 e. The van der Waals surface area contributed by atoms with Gasteiger partial charge in [0.2, 0.25) is 0 Å². The van der Waals surface area contributed by atoms with Crippen LogP contribution in [-0.2, 0) is 6.54 Å². The number of nitro groups is 1. The van der Waals surface area contributed by atoms with Crippen molar-refractivity contribution in [1.82, 2.24) is 4.57 Å². The maximum absolute atomic E-state index is 10.8. The first-order valence-electron chi connectivity index (χ1n) is 5.60. The van der Waals surface area contributed by atoms with Gasteiger partial charge in [-0.3, -0.25) is 10.1 Å². The highest BCUT2D eigenvalue weighted by atomic mass is 79.9. The lowest BCUT2D eigenvalue weighted by molar-refractivity contribution is -0.384. The summed E-state index contributed by atoms with van der Waals surface area (Å²) < 4.78 is 3.09. The summed E-state index contributed by atoms with van der Waals surface area (Å²) in [6.45, 7) is 0.723. The molecule has 0 aliphatic heterocycles. The van der Waals surface area contributed by atoms with E-state index in [0.29, 0.717) is 0 Å². The average molecular weight is 337 g/mol. The molecular weight excluding hydrogens is 328 g/mol. The van der Waals surface area contributed by atoms with Crippen molar-refractivity contribution >= 4 is 43.9 Å². The molecule has 19 heavy (non-hydrogen) atoms. The van der Waals surface area contributed by atoms with Gasteiger partial charge in [0.15, 0.2) is 0 Å². The minimum Gasteiger partial charge on any atom is -0.342 e. The fraction of sp³-hybridized carbons (Fsp3) is 0.0769. The third-order valence-electron chi connectivity index (χ3n) is 2.92. The molecule has 0 spiro atoms. The summed E-state index contributed by atoms with van der Waals surface area (Å²) in [6, 6.07) is 8.98. The molecule has 2 heterocycles. The molecule has 3 rings (SSSR count). The standard InChI is InChI=1S/C13H9BrN2O2S/c14-10-5-12(19-8-10)7-15-4-3-9-1-2-11(16(17)18)6-13(9)15/h1-6,8H,7H2. The van der Waals surface area contributed by atoms with Crippen molar-refractivity contribution in [3.8, 4) is 0 Å². The zero-order chi connectivity index (χ0) is 13.4. The molecule has 0 fully saturated rings. The predicted molar refractivity (Wildman–Crippen MR) is 79.7 cm³/mol. The van der Waals surface area contributed by atoms with Gasteiger partial charge in [-0.15, -0.1) is 11.3 Å². The van der Waals surface area contributed by atoms with E-state index in [1.165, 1.54) is 10.9 Å². The van der Waals surface area contributed by atoms with Crippen LogP contribution in [0.2, 0.25) is 0 Å². The van der Waals surface area contributed by atoms with Gasteiger partial charge >= 0.3 is 0 Å². The van der Waals surface area contributed by atoms with Gasteiger partial charge in [0.05, 0.1) is 17.0 Å². The van der Waals surface area contributed by atoms with Gasteiger partial charge in [-0.25, -0.2) is 0 Å². The molecule has 0 amide bonds. The zero-order valence-corrected chi connectivity index (χ0v) is 12.1. The fourth-order valence-electron chi connectivity index (χ4n) is 2.03. The van der Waals surface area contributed by atoms with Gasteiger partial charge < -0.3 is 4.57 Å². The number of hydrogen-bond acceptors (Lipinski definition) is 3. The van der Waals surface area contributed by atoms with E-state index in [0.717, 1.165) is 21.9 Å². The second-order valence-electron chi connectivity index (χ2n) is 4.18. The van der Waals surface area contributed by atoms with Crippen molar-refractivity contribution in [1.29, 1.82) is 0 Å². The molecule has 2 aromatic heterocycles. The molecule has 6 heteroatoms. The van der Waals surface area contributed by atoms with Gasteiger partial charge in [-0.2, -0.15) is 0 Å². The predicted octanol–water partition coefficient (Wildman–Crippen LogP) is 4.42. The third kappa shape index (κ3) is 2.41. The first kappa shape index (κ1) is 12.4. The Morgan fingerprint density at radius 3 is 2.84 bits per heavy atom. The number of thiophene rings is 1. The van der Waals surface area contributed by atoms with Gasteiger partial charge in [-0.05, 0) is 34.1 Å². The zero-order valence-electron chi connectivity index (χ0n) is 9.75. The molecule has 3 aromatic rings. The molecule has 0 aliphatic carbocycles. The summed E-state index contributed by atoms with van der Waals surface area (Å²) in [5, 5.41) is 13.9. The van der Waals surface area contributed by atoms with E-state index in [-0.39, 0.29) is 10.6 Å². The minimum atomic E-state index is -0.363. The number of aromatic nitrogens is 1. The Balaban J connectivity index is 2.03. The summed E-state index contributed by atoms with van der Waals surface area (Å²) in [7, 11) is 0. The van der Waals surface area contributed by atoms with Crippen LogP contribution >= 0.6 is 27.3 Å². The van der Waals surface area contributed by atoms with Crippen molar-refractivity contribution in [3.05, 3.63) is 61.4 Å². The van der Waals surface area contributed by atoms with Crippen LogP contribution < -0.4 is 0 Å². The highest BCUT2D eigenvalue weighted by Gasteiger charge is 2.09. The first-order chi connectivity index (χ1) is 9.13. The lowest BCUT2D eigenvalue weighted by atomic mass is 10.2. The van der Waals surface area contributed by atoms with E-state index in [1.54, 1.807) is 23.5 Å². The summed E-state index contributed by atoms with van der Waals surface area (Å²) in [6.07, 6.45) is 1.96. The number of nitro benzene ring substituents is 1. The van der Waals surface area contributed by atoms with E-state index in [4.69, 9.17) is 0 Å². The van der Waals surface area contributed by atoms with Crippen LogP contribution in [0.1, 0.15) is 4.88 Å². The van der Waals surface area contributed by atoms with Gasteiger partial charge in [0, 0.05) is 38.4 Å². The molecule has 0 aliphatic rings. The van der Waals surface area contributed by atoms with Crippen LogP contribution in [0.4, 0.5) is 5.69 Å². The number of rotatable bonds is 3. The molecule has 0 saturated heterocycles. The Hall–Kier alpha value is -1.66. The van der Waals surface area contributed by atoms with E-state index in [2.05, 4.69) is 22.0 Å². The Labute approximate surface area is 121 Å². The lowest BCUT2D eigenvalue weighted by Gasteiger charge is -2.03. The quantitative estimate of drug-likeness (QED) is 0.525. The minimum absolute atomic E-state index is 0.125. The Morgan fingerprint density at radius 2 is 2.16 bits per heavy atom. The molecule has 96 valence electrons. The molecule has 0 radical (unpaired) electrons. The summed E-state index contributed by atoms with van der Waals surface area (Å²) in [5.41, 5.74) is 1.01. The van der Waals surface area contributed by atoms with E-state index < -0.39 is 0 Å². The van der Waals surface area contributed by atoms with Crippen molar-refractivity contribution in [2.45, 2.75) is 6.54 Å². The Bertz CT molecular complexity index is 763. The number of benzene rings is 1. The Morgan fingerprint density at radius 1 is 1.32 bits per heavy atom. The van der Waals surface area contributed by atoms with Crippen LogP contribution in [0, 0.1) is 10.1 Å². The highest BCUT2D eigenvalue weighted by Crippen LogP contribution is 2.25. The second-order valence-corrected chi connectivity index (χ2v) is 6.09. The van der Waals surface area contributed by atoms with Crippen LogP contribution in [0.25, 0.3) is 10.9 Å². The van der Waals surface area contributed by atoms with Crippen molar-refractivity contribution in [2.24, 2.45) is 0 Å².